The Kier molecular flexibility index (Phi) is 3.42. The second-order valence-corrected chi connectivity index (χ2v) is 5.76. The highest BCUT2D eigenvalue weighted by atomic mass is 16.7. The zero-order chi connectivity index (χ0) is 17.6. The number of carbonyl (C=O) groups excluding carboxylic acids is 2. The van der Waals surface area contributed by atoms with Gasteiger partial charge in [0, 0.05) is 25.0 Å². The van der Waals surface area contributed by atoms with Gasteiger partial charge < -0.3 is 19.5 Å². The summed E-state index contributed by atoms with van der Waals surface area (Å²) < 4.78 is 10.6. The maximum atomic E-state index is 12.5. The minimum absolute atomic E-state index is 0.0394. The molecule has 25 heavy (non-hydrogen) atoms. The van der Waals surface area contributed by atoms with Crippen LogP contribution in [0.5, 0.6) is 11.5 Å². The number of hydrogen-bond acceptors (Lipinski definition) is 6. The van der Waals surface area contributed by atoms with E-state index in [1.54, 1.807) is 42.7 Å². The largest absolute Gasteiger partial charge is 0.507 e. The number of likely N-dealkylation sites (N-methyl/N-ethyl adjacent to an activating group) is 1. The first kappa shape index (κ1) is 15.2. The summed E-state index contributed by atoms with van der Waals surface area (Å²) in [4.78, 5) is 29.9. The highest BCUT2D eigenvalue weighted by Crippen LogP contribution is 2.40. The lowest BCUT2D eigenvalue weighted by Crippen LogP contribution is -2.24. The predicted molar refractivity (Wildman–Crippen MR) is 86.9 cm³/mol. The van der Waals surface area contributed by atoms with Crippen LogP contribution in [0, 0.1) is 0 Å². The molecule has 1 N–H and O–H groups in total. The number of ketones is 1. The van der Waals surface area contributed by atoms with Crippen LogP contribution in [-0.2, 0) is 9.59 Å². The van der Waals surface area contributed by atoms with Crippen LogP contribution in [0.3, 0.4) is 0 Å². The number of nitrogens with zero attached hydrogens (tertiary/aromatic N) is 2. The number of benzene rings is 1. The number of amides is 1. The maximum absolute atomic E-state index is 12.5. The van der Waals surface area contributed by atoms with Crippen molar-refractivity contribution in [3.05, 3.63) is 59.4 Å². The SMILES string of the molecule is CN1C(=O)C(=O)/C(=C(/O)c2ccc3c(c2)OCO3)C1c1ccncc1. The van der Waals surface area contributed by atoms with E-state index in [1.807, 2.05) is 0 Å². The molecule has 1 fully saturated rings. The summed E-state index contributed by atoms with van der Waals surface area (Å²) in [7, 11) is 1.53. The van der Waals surface area contributed by atoms with Crippen LogP contribution < -0.4 is 9.47 Å². The van der Waals surface area contributed by atoms with Crippen molar-refractivity contribution in [3.63, 3.8) is 0 Å². The third kappa shape index (κ3) is 2.32. The van der Waals surface area contributed by atoms with E-state index in [2.05, 4.69) is 4.98 Å². The summed E-state index contributed by atoms with van der Waals surface area (Å²) in [5.41, 5.74) is 1.12. The third-order valence-corrected chi connectivity index (χ3v) is 4.34. The van der Waals surface area contributed by atoms with E-state index in [4.69, 9.17) is 9.47 Å². The molecule has 3 heterocycles. The first-order valence-electron chi connectivity index (χ1n) is 7.62. The zero-order valence-corrected chi connectivity index (χ0v) is 13.3. The zero-order valence-electron chi connectivity index (χ0n) is 13.3. The molecule has 1 aromatic heterocycles. The van der Waals surface area contributed by atoms with Gasteiger partial charge >= 0.3 is 0 Å². The molecule has 1 saturated heterocycles. The van der Waals surface area contributed by atoms with Crippen LogP contribution in [0.2, 0.25) is 0 Å². The summed E-state index contributed by atoms with van der Waals surface area (Å²) in [5.74, 6) is -0.584. The molecule has 0 radical (unpaired) electrons. The molecule has 0 spiro atoms. The Morgan fingerprint density at radius 1 is 1.16 bits per heavy atom. The molecular weight excluding hydrogens is 324 g/mol. The first-order chi connectivity index (χ1) is 12.1. The van der Waals surface area contributed by atoms with Gasteiger partial charge in [0.05, 0.1) is 11.6 Å². The molecule has 2 aliphatic heterocycles. The number of aliphatic hydroxyl groups excluding tert-OH is 1. The second kappa shape index (κ2) is 5.62. The van der Waals surface area contributed by atoms with E-state index in [-0.39, 0.29) is 18.1 Å². The number of pyridine rings is 1. The molecule has 1 atom stereocenters. The second-order valence-electron chi connectivity index (χ2n) is 5.76. The number of fused-ring (bicyclic) bond motifs is 1. The lowest BCUT2D eigenvalue weighted by atomic mass is 9.96. The number of aromatic nitrogens is 1. The standard InChI is InChI=1S/C18H14N2O5/c1-20-15(10-4-6-19-7-5-10)14(17(22)18(20)23)16(21)11-2-3-12-13(8-11)25-9-24-12/h2-8,15,21H,9H2,1H3/b16-14+. The van der Waals surface area contributed by atoms with Gasteiger partial charge in [0.25, 0.3) is 11.7 Å². The van der Waals surface area contributed by atoms with E-state index in [0.717, 1.165) is 0 Å². The van der Waals surface area contributed by atoms with Crippen molar-refractivity contribution in [2.75, 3.05) is 13.8 Å². The molecule has 7 heteroatoms. The average molecular weight is 338 g/mol. The summed E-state index contributed by atoms with van der Waals surface area (Å²) in [6, 6.07) is 7.61. The number of likely N-dealkylation sites (tertiary alicyclic amines) is 1. The molecular formula is C18H14N2O5. The number of hydrogen-bond donors (Lipinski definition) is 1. The molecule has 0 saturated carbocycles. The van der Waals surface area contributed by atoms with Crippen LogP contribution in [0.1, 0.15) is 17.2 Å². The molecule has 0 aliphatic carbocycles. The van der Waals surface area contributed by atoms with Gasteiger partial charge in [0.15, 0.2) is 11.5 Å². The number of aliphatic hydroxyl groups is 1. The van der Waals surface area contributed by atoms with Crippen molar-refractivity contribution < 1.29 is 24.2 Å². The monoisotopic (exact) mass is 338 g/mol. The Hall–Kier alpha value is -3.35. The Balaban J connectivity index is 1.86. The average Bonchev–Trinajstić information content (AvgIpc) is 3.19. The minimum Gasteiger partial charge on any atom is -0.507 e. The van der Waals surface area contributed by atoms with Crippen molar-refractivity contribution in [2.24, 2.45) is 0 Å². The number of ether oxygens (including phenoxy) is 2. The van der Waals surface area contributed by atoms with Crippen LogP contribution in [0.15, 0.2) is 48.3 Å². The third-order valence-electron chi connectivity index (χ3n) is 4.34. The van der Waals surface area contributed by atoms with Crippen LogP contribution >= 0.6 is 0 Å². The molecule has 126 valence electrons. The van der Waals surface area contributed by atoms with Gasteiger partial charge in [-0.1, -0.05) is 0 Å². The topological polar surface area (TPSA) is 89.0 Å². The van der Waals surface area contributed by atoms with Gasteiger partial charge in [-0.05, 0) is 35.9 Å². The molecule has 1 aromatic carbocycles. The molecule has 2 aromatic rings. The van der Waals surface area contributed by atoms with Gasteiger partial charge in [-0.25, -0.2) is 0 Å². The smallest absolute Gasteiger partial charge is 0.295 e. The quantitative estimate of drug-likeness (QED) is 0.511. The van der Waals surface area contributed by atoms with Gasteiger partial charge in [-0.2, -0.15) is 0 Å². The van der Waals surface area contributed by atoms with Gasteiger partial charge in [-0.15, -0.1) is 0 Å². The van der Waals surface area contributed by atoms with Crippen molar-refractivity contribution in [3.8, 4) is 11.5 Å². The highest BCUT2D eigenvalue weighted by molar-refractivity contribution is 6.46. The number of carbonyl (C=O) groups is 2. The predicted octanol–water partition coefficient (Wildman–Crippen LogP) is 1.86. The Labute approximate surface area is 143 Å². The van der Waals surface area contributed by atoms with Gasteiger partial charge in [-0.3, -0.25) is 14.6 Å². The van der Waals surface area contributed by atoms with Crippen molar-refractivity contribution in [1.82, 2.24) is 9.88 Å². The van der Waals surface area contributed by atoms with Crippen molar-refractivity contribution in [2.45, 2.75) is 6.04 Å². The van der Waals surface area contributed by atoms with E-state index in [1.165, 1.54) is 11.9 Å². The fraction of sp³-hybridized carbons (Fsp3) is 0.167. The fourth-order valence-electron chi connectivity index (χ4n) is 3.08. The Morgan fingerprint density at radius 2 is 1.88 bits per heavy atom. The number of rotatable bonds is 2. The minimum atomic E-state index is -0.723. The lowest BCUT2D eigenvalue weighted by Gasteiger charge is -2.20. The number of Topliss-reactive ketones (excluding diaryl/α,β-unsaturated/α-hetero) is 1. The molecule has 0 bridgehead atoms. The van der Waals surface area contributed by atoms with Crippen molar-refractivity contribution >= 4 is 17.4 Å². The van der Waals surface area contributed by atoms with Crippen LogP contribution in [0.25, 0.3) is 5.76 Å². The Morgan fingerprint density at radius 3 is 2.64 bits per heavy atom. The normalized spacial score (nSPS) is 21.0. The van der Waals surface area contributed by atoms with Crippen molar-refractivity contribution in [1.29, 1.82) is 0 Å². The molecule has 7 nitrogen and oxygen atoms in total. The highest BCUT2D eigenvalue weighted by Gasteiger charge is 2.44. The van der Waals surface area contributed by atoms with E-state index in [9.17, 15) is 14.7 Å². The summed E-state index contributed by atoms with van der Waals surface area (Å²) in [5, 5.41) is 10.8. The van der Waals surface area contributed by atoms with Crippen LogP contribution in [-0.4, -0.2) is 40.5 Å². The molecule has 4 rings (SSSR count). The van der Waals surface area contributed by atoms with E-state index < -0.39 is 17.7 Å². The van der Waals surface area contributed by atoms with Crippen LogP contribution in [0.4, 0.5) is 0 Å². The summed E-state index contributed by atoms with van der Waals surface area (Å²) >= 11 is 0. The molecule has 2 aliphatic rings. The van der Waals surface area contributed by atoms with Gasteiger partial charge in [0.1, 0.15) is 5.76 Å². The summed E-state index contributed by atoms with van der Waals surface area (Å²) in [6.07, 6.45) is 3.15. The first-order valence-corrected chi connectivity index (χ1v) is 7.62. The summed E-state index contributed by atoms with van der Waals surface area (Å²) in [6.45, 7) is 0.107. The van der Waals surface area contributed by atoms with E-state index >= 15 is 0 Å². The molecule has 1 unspecified atom stereocenters. The van der Waals surface area contributed by atoms with Gasteiger partial charge in [0.2, 0.25) is 6.79 Å². The Bertz CT molecular complexity index is 907. The maximum Gasteiger partial charge on any atom is 0.295 e. The van der Waals surface area contributed by atoms with E-state index in [0.29, 0.717) is 22.6 Å². The lowest BCUT2D eigenvalue weighted by molar-refractivity contribution is -0.139. The molecule has 1 amide bonds. The fourth-order valence-corrected chi connectivity index (χ4v) is 3.08.